The van der Waals surface area contributed by atoms with E-state index >= 15 is 0 Å². The van der Waals surface area contributed by atoms with Crippen LogP contribution in [0.5, 0.6) is 0 Å². The molecule has 0 aromatic carbocycles. The molecule has 2 heterocycles. The summed E-state index contributed by atoms with van der Waals surface area (Å²) in [6.45, 7) is -0.374. The van der Waals surface area contributed by atoms with Crippen LogP contribution in [-0.2, 0) is 38.4 Å². The van der Waals surface area contributed by atoms with E-state index in [2.05, 4.69) is 77.1 Å². The molecular formula is C26H42N8O9S4. The number of carboxylic acid groups (broad SMARTS) is 1. The molecule has 0 spiro atoms. The molecule has 2 aliphatic heterocycles. The SMILES string of the molecule is N[C@@H](CS)C(=O)NCC(=O)N1CCC[C@H]1C(=O)N[C@@H](CS)C(=O)N[C@@H](CS)C(=O)NCC(=O)N1CCC[C@H]1C(=O)N[C@@H](CS)C(=O)O. The zero-order valence-electron chi connectivity index (χ0n) is 25.4. The number of carbonyl (C=O) groups excluding carboxylic acids is 7. The van der Waals surface area contributed by atoms with Crippen molar-refractivity contribution in [2.24, 2.45) is 5.73 Å². The van der Waals surface area contributed by atoms with Gasteiger partial charge in [0.05, 0.1) is 19.1 Å². The average Bonchev–Trinajstić information content (AvgIpc) is 3.76. The van der Waals surface area contributed by atoms with Crippen LogP contribution in [0.25, 0.3) is 0 Å². The van der Waals surface area contributed by atoms with Crippen LogP contribution in [-0.4, -0.2) is 148 Å². The van der Waals surface area contributed by atoms with Gasteiger partial charge in [0.2, 0.25) is 41.4 Å². The third-order valence-electron chi connectivity index (χ3n) is 7.54. The number of likely N-dealkylation sites (tertiary alicyclic amines) is 2. The van der Waals surface area contributed by atoms with Gasteiger partial charge in [0.25, 0.3) is 0 Å². The lowest BCUT2D eigenvalue weighted by atomic mass is 10.1. The highest BCUT2D eigenvalue weighted by atomic mass is 32.1. The summed E-state index contributed by atoms with van der Waals surface area (Å²) in [5.41, 5.74) is 5.59. The number of nitrogens with zero attached hydrogens (tertiary/aromatic N) is 2. The summed E-state index contributed by atoms with van der Waals surface area (Å²) in [4.78, 5) is 103. The monoisotopic (exact) mass is 738 g/mol. The fourth-order valence-corrected chi connectivity index (χ4v) is 5.85. The number of hydrogen-bond acceptors (Lipinski definition) is 13. The molecule has 2 saturated heterocycles. The maximum absolute atomic E-state index is 13.1. The van der Waals surface area contributed by atoms with Crippen LogP contribution in [0.2, 0.25) is 0 Å². The van der Waals surface area contributed by atoms with Gasteiger partial charge in [-0.05, 0) is 25.7 Å². The largest absolute Gasteiger partial charge is 0.480 e. The molecule has 17 nitrogen and oxygen atoms in total. The molecule has 0 bridgehead atoms. The number of carbonyl (C=O) groups is 8. The van der Waals surface area contributed by atoms with E-state index in [9.17, 15) is 38.4 Å². The number of amides is 7. The fraction of sp³-hybridized carbons (Fsp3) is 0.692. The predicted octanol–water partition coefficient (Wildman–Crippen LogP) is -4.21. The molecule has 0 saturated carbocycles. The summed E-state index contributed by atoms with van der Waals surface area (Å²) in [7, 11) is 0. The molecule has 264 valence electrons. The van der Waals surface area contributed by atoms with Crippen molar-refractivity contribution in [2.75, 3.05) is 49.2 Å². The average molecular weight is 739 g/mol. The van der Waals surface area contributed by atoms with E-state index in [1.807, 2.05) is 0 Å². The highest BCUT2D eigenvalue weighted by molar-refractivity contribution is 7.80. The Morgan fingerprint density at radius 3 is 1.49 bits per heavy atom. The predicted molar refractivity (Wildman–Crippen MR) is 182 cm³/mol. The van der Waals surface area contributed by atoms with Crippen molar-refractivity contribution >= 4 is 97.8 Å². The zero-order chi connectivity index (χ0) is 35.3. The number of hydrogen-bond donors (Lipinski definition) is 11. The Morgan fingerprint density at radius 1 is 0.638 bits per heavy atom. The van der Waals surface area contributed by atoms with Gasteiger partial charge in [-0.25, -0.2) is 4.79 Å². The van der Waals surface area contributed by atoms with Crippen LogP contribution < -0.4 is 32.3 Å². The third-order valence-corrected chi connectivity index (χ3v) is 9.03. The molecule has 21 heteroatoms. The van der Waals surface area contributed by atoms with Gasteiger partial charge < -0.3 is 47.2 Å². The maximum Gasteiger partial charge on any atom is 0.327 e. The number of nitrogens with two attached hydrogens (primary N) is 1. The number of thiol groups is 4. The van der Waals surface area contributed by atoms with Crippen molar-refractivity contribution in [2.45, 2.75) is 61.9 Å². The quantitative estimate of drug-likeness (QED) is 0.0642. The molecule has 2 rings (SSSR count). The van der Waals surface area contributed by atoms with E-state index in [1.165, 1.54) is 9.80 Å². The first-order valence-corrected chi connectivity index (χ1v) is 17.3. The lowest BCUT2D eigenvalue weighted by molar-refractivity contribution is -0.143. The fourth-order valence-electron chi connectivity index (χ4n) is 4.92. The van der Waals surface area contributed by atoms with E-state index in [1.54, 1.807) is 0 Å². The van der Waals surface area contributed by atoms with Crippen LogP contribution in [0.3, 0.4) is 0 Å². The van der Waals surface area contributed by atoms with Gasteiger partial charge in [0.15, 0.2) is 0 Å². The lowest BCUT2D eigenvalue weighted by Crippen LogP contribution is -2.58. The summed E-state index contributed by atoms with van der Waals surface area (Å²) >= 11 is 16.1. The van der Waals surface area contributed by atoms with Crippen molar-refractivity contribution < 1.29 is 43.5 Å². The van der Waals surface area contributed by atoms with Crippen LogP contribution in [0.15, 0.2) is 0 Å². The van der Waals surface area contributed by atoms with E-state index in [0.29, 0.717) is 25.7 Å². The maximum atomic E-state index is 13.1. The zero-order valence-corrected chi connectivity index (χ0v) is 29.0. The van der Waals surface area contributed by atoms with Gasteiger partial charge in [-0.2, -0.15) is 50.5 Å². The molecule has 0 aromatic heterocycles. The Kier molecular flexibility index (Phi) is 17.0. The molecular weight excluding hydrogens is 697 g/mol. The van der Waals surface area contributed by atoms with Gasteiger partial charge >= 0.3 is 5.97 Å². The summed E-state index contributed by atoms with van der Waals surface area (Å²) in [5, 5.41) is 21.3. The molecule has 47 heavy (non-hydrogen) atoms. The van der Waals surface area contributed by atoms with Crippen LogP contribution in [0.1, 0.15) is 25.7 Å². The van der Waals surface area contributed by atoms with E-state index in [-0.39, 0.29) is 42.6 Å². The molecule has 2 aliphatic rings. The summed E-state index contributed by atoms with van der Waals surface area (Å²) < 4.78 is 0. The number of carboxylic acids is 1. The summed E-state index contributed by atoms with van der Waals surface area (Å²) in [6, 6.07) is -6.33. The number of aliphatic carboxylic acids is 1. The van der Waals surface area contributed by atoms with Crippen molar-refractivity contribution in [3.63, 3.8) is 0 Å². The highest BCUT2D eigenvalue weighted by Crippen LogP contribution is 2.19. The second-order valence-electron chi connectivity index (χ2n) is 10.8. The molecule has 0 aromatic rings. The third kappa shape index (κ3) is 11.6. The Hall–Kier alpha value is -2.88. The first kappa shape index (κ1) is 40.3. The second kappa shape index (κ2) is 19.8. The molecule has 2 fully saturated rings. The lowest BCUT2D eigenvalue weighted by Gasteiger charge is -2.27. The van der Waals surface area contributed by atoms with Crippen LogP contribution in [0.4, 0.5) is 0 Å². The minimum atomic E-state index is -1.26. The van der Waals surface area contributed by atoms with Crippen molar-refractivity contribution in [3.05, 3.63) is 0 Å². The van der Waals surface area contributed by atoms with Gasteiger partial charge in [0, 0.05) is 36.1 Å². The minimum Gasteiger partial charge on any atom is -0.480 e. The van der Waals surface area contributed by atoms with Crippen LogP contribution in [0, 0.1) is 0 Å². The summed E-state index contributed by atoms with van der Waals surface area (Å²) in [5.74, 6) is -6.05. The minimum absolute atomic E-state index is 0.0873. The van der Waals surface area contributed by atoms with Crippen molar-refractivity contribution in [3.8, 4) is 0 Å². The van der Waals surface area contributed by atoms with Crippen molar-refractivity contribution in [1.29, 1.82) is 0 Å². The Bertz CT molecular complexity index is 1200. The smallest absolute Gasteiger partial charge is 0.327 e. The van der Waals surface area contributed by atoms with Crippen LogP contribution >= 0.6 is 50.5 Å². The van der Waals surface area contributed by atoms with E-state index in [0.717, 1.165) is 0 Å². The van der Waals surface area contributed by atoms with E-state index < -0.39 is 90.1 Å². The summed E-state index contributed by atoms with van der Waals surface area (Å²) in [6.07, 6.45) is 1.66. The molecule has 7 amide bonds. The highest BCUT2D eigenvalue weighted by Gasteiger charge is 2.37. The first-order chi connectivity index (χ1) is 22.3. The Balaban J connectivity index is 1.91. The Morgan fingerprint density at radius 2 is 1.06 bits per heavy atom. The van der Waals surface area contributed by atoms with Gasteiger partial charge in [-0.3, -0.25) is 33.6 Å². The number of rotatable bonds is 17. The first-order valence-electron chi connectivity index (χ1n) is 14.8. The Labute approximate surface area is 293 Å². The van der Waals surface area contributed by atoms with Gasteiger partial charge in [-0.1, -0.05) is 0 Å². The topological polar surface area (TPSA) is 249 Å². The molecule has 8 N–H and O–H groups in total. The molecule has 0 unspecified atom stereocenters. The molecule has 0 radical (unpaired) electrons. The molecule has 6 atom stereocenters. The number of nitrogens with one attached hydrogen (secondary N) is 5. The normalized spacial score (nSPS) is 19.9. The van der Waals surface area contributed by atoms with Crippen molar-refractivity contribution in [1.82, 2.24) is 36.4 Å². The standard InChI is InChI=1S/C26H42N8O9S4/c27-13(9-44)21(37)28-7-19(35)33-5-1-3-17(33)24(40)31-15(11-46)23(39)30-14(10-45)22(38)29-8-20(36)34-6-2-4-18(34)25(41)32-16(12-47)26(42)43/h13-18,44-47H,1-12,27H2,(H,28,37)(H,29,38)(H,30,39)(H,31,40)(H,32,41)(H,42,43)/t13-,14-,15-,16-,17-,18-/m0/s1. The van der Waals surface area contributed by atoms with E-state index in [4.69, 9.17) is 10.8 Å². The van der Waals surface area contributed by atoms with Gasteiger partial charge in [0.1, 0.15) is 30.2 Å². The molecule has 0 aliphatic carbocycles. The van der Waals surface area contributed by atoms with Gasteiger partial charge in [-0.15, -0.1) is 0 Å². The second-order valence-corrected chi connectivity index (χ2v) is 12.2.